The Hall–Kier alpha value is -5.16. The van der Waals surface area contributed by atoms with Crippen LogP contribution in [0.3, 0.4) is 0 Å². The fourth-order valence-corrected chi connectivity index (χ4v) is 5.32. The number of benzene rings is 3. The molecule has 0 bridgehead atoms. The lowest BCUT2D eigenvalue weighted by molar-refractivity contribution is -0.148. The van der Waals surface area contributed by atoms with Gasteiger partial charge in [0.2, 0.25) is 5.88 Å². The number of hydrogen-bond acceptors (Lipinski definition) is 8. The summed E-state index contributed by atoms with van der Waals surface area (Å²) < 4.78 is 11.8. The Morgan fingerprint density at radius 3 is 2.34 bits per heavy atom. The van der Waals surface area contributed by atoms with Crippen LogP contribution in [0.25, 0.3) is 33.5 Å². The van der Waals surface area contributed by atoms with Gasteiger partial charge in [0.15, 0.2) is 11.6 Å². The highest BCUT2D eigenvalue weighted by Crippen LogP contribution is 2.43. The van der Waals surface area contributed by atoms with Gasteiger partial charge in [-0.15, -0.1) is 0 Å². The van der Waals surface area contributed by atoms with E-state index < -0.39 is 0 Å². The molecule has 0 spiro atoms. The van der Waals surface area contributed by atoms with Crippen molar-refractivity contribution in [3.63, 3.8) is 0 Å². The Labute approximate surface area is 238 Å². The highest BCUT2D eigenvalue weighted by atomic mass is 16.5. The molecule has 41 heavy (non-hydrogen) atoms. The van der Waals surface area contributed by atoms with Crippen molar-refractivity contribution in [1.29, 1.82) is 5.26 Å². The standard InChI is InChI=1S/C33H29N5O3/c1-2-40-33(39)24-16-11-19-38(21-24)31-30(35-26-17-9-10-18-27(26)36-31)37-32-25(20-34)28(22-12-5-3-6-13-22)29(41-32)23-14-7-4-8-15-23/h3-10,12-15,17-18,24H,2,11,16,19,21H2,1H3,(H,35,37)/t24-/m0/s1. The van der Waals surface area contributed by atoms with Crippen molar-refractivity contribution in [2.24, 2.45) is 5.92 Å². The van der Waals surface area contributed by atoms with Crippen molar-refractivity contribution in [1.82, 2.24) is 9.97 Å². The van der Waals surface area contributed by atoms with Crippen LogP contribution in [0.4, 0.5) is 17.5 Å². The number of ether oxygens (including phenoxy) is 1. The number of carbonyl (C=O) groups is 1. The van der Waals surface area contributed by atoms with Crippen LogP contribution in [-0.4, -0.2) is 35.6 Å². The number of esters is 1. The summed E-state index contributed by atoms with van der Waals surface area (Å²) in [5.74, 6) is 1.48. The van der Waals surface area contributed by atoms with E-state index in [1.807, 2.05) is 91.9 Å². The molecule has 1 aliphatic rings. The molecular weight excluding hydrogens is 514 g/mol. The molecule has 8 nitrogen and oxygen atoms in total. The SMILES string of the molecule is CCOC(=O)[C@H]1CCCN(c2nc3ccccc3nc2Nc2oc(-c3ccccc3)c(-c3ccccc3)c2C#N)C1. The molecule has 0 saturated carbocycles. The quantitative estimate of drug-likeness (QED) is 0.220. The maximum Gasteiger partial charge on any atom is 0.310 e. The summed E-state index contributed by atoms with van der Waals surface area (Å²) >= 11 is 0. The largest absolute Gasteiger partial charge is 0.466 e. The predicted molar refractivity (Wildman–Crippen MR) is 159 cm³/mol. The van der Waals surface area contributed by atoms with Crippen molar-refractivity contribution < 1.29 is 13.9 Å². The number of fused-ring (bicyclic) bond motifs is 1. The normalized spacial score (nSPS) is 14.9. The van der Waals surface area contributed by atoms with Gasteiger partial charge in [0.05, 0.1) is 23.6 Å². The van der Waals surface area contributed by atoms with E-state index in [1.54, 1.807) is 0 Å². The zero-order valence-electron chi connectivity index (χ0n) is 22.7. The molecule has 1 N–H and O–H groups in total. The Morgan fingerprint density at radius 1 is 1.00 bits per heavy atom. The molecule has 3 heterocycles. The summed E-state index contributed by atoms with van der Waals surface area (Å²) in [6, 6.07) is 29.5. The molecule has 0 amide bonds. The molecular formula is C33H29N5O3. The van der Waals surface area contributed by atoms with Gasteiger partial charge in [-0.25, -0.2) is 9.97 Å². The van der Waals surface area contributed by atoms with Crippen molar-refractivity contribution in [2.45, 2.75) is 19.8 Å². The van der Waals surface area contributed by atoms with E-state index in [0.29, 0.717) is 53.7 Å². The summed E-state index contributed by atoms with van der Waals surface area (Å²) in [6.45, 7) is 3.35. The number of piperidine rings is 1. The Bertz CT molecular complexity index is 1730. The van der Waals surface area contributed by atoms with Crippen molar-refractivity contribution in [3.05, 3.63) is 90.5 Å². The molecule has 2 aromatic heterocycles. The first-order valence-electron chi connectivity index (χ1n) is 13.8. The van der Waals surface area contributed by atoms with Crippen LogP contribution in [0.15, 0.2) is 89.3 Å². The van der Waals surface area contributed by atoms with Crippen LogP contribution < -0.4 is 10.2 Å². The molecule has 1 fully saturated rings. The van der Waals surface area contributed by atoms with Crippen molar-refractivity contribution in [2.75, 3.05) is 29.9 Å². The van der Waals surface area contributed by atoms with Gasteiger partial charge in [-0.2, -0.15) is 5.26 Å². The topological polar surface area (TPSA) is 104 Å². The molecule has 1 saturated heterocycles. The van der Waals surface area contributed by atoms with Crippen LogP contribution in [0.5, 0.6) is 0 Å². The first-order chi connectivity index (χ1) is 20.2. The molecule has 8 heteroatoms. The van der Waals surface area contributed by atoms with Crippen LogP contribution >= 0.6 is 0 Å². The first kappa shape index (κ1) is 26.1. The van der Waals surface area contributed by atoms with Gasteiger partial charge in [0, 0.05) is 24.2 Å². The highest BCUT2D eigenvalue weighted by Gasteiger charge is 2.30. The number of nitrogens with one attached hydrogen (secondary N) is 1. The number of anilines is 3. The predicted octanol–water partition coefficient (Wildman–Crippen LogP) is 6.95. The van der Waals surface area contributed by atoms with E-state index in [-0.39, 0.29) is 17.8 Å². The molecule has 1 aliphatic heterocycles. The number of furan rings is 1. The summed E-state index contributed by atoms with van der Waals surface area (Å²) in [5.41, 5.74) is 4.25. The van der Waals surface area contributed by atoms with E-state index >= 15 is 0 Å². The smallest absolute Gasteiger partial charge is 0.310 e. The third-order valence-electron chi connectivity index (χ3n) is 7.24. The van der Waals surface area contributed by atoms with Gasteiger partial charge in [-0.3, -0.25) is 4.79 Å². The number of nitriles is 1. The minimum Gasteiger partial charge on any atom is -0.466 e. The summed E-state index contributed by atoms with van der Waals surface area (Å²) in [5, 5.41) is 13.7. The van der Waals surface area contributed by atoms with Gasteiger partial charge in [0.25, 0.3) is 0 Å². The highest BCUT2D eigenvalue weighted by molar-refractivity contribution is 5.90. The van der Waals surface area contributed by atoms with Gasteiger partial charge >= 0.3 is 5.97 Å². The molecule has 5 aromatic rings. The van der Waals surface area contributed by atoms with Crippen LogP contribution in [0.1, 0.15) is 25.3 Å². The van der Waals surface area contributed by atoms with E-state index in [0.717, 1.165) is 29.5 Å². The molecule has 0 unspecified atom stereocenters. The monoisotopic (exact) mass is 543 g/mol. The lowest BCUT2D eigenvalue weighted by atomic mass is 9.98. The van der Waals surface area contributed by atoms with Crippen LogP contribution in [0.2, 0.25) is 0 Å². The lowest BCUT2D eigenvalue weighted by Gasteiger charge is -2.33. The van der Waals surface area contributed by atoms with E-state index in [4.69, 9.17) is 19.1 Å². The van der Waals surface area contributed by atoms with Crippen LogP contribution in [-0.2, 0) is 9.53 Å². The Balaban J connectivity index is 1.47. The fraction of sp³-hybridized carbons (Fsp3) is 0.212. The Morgan fingerprint density at radius 2 is 1.66 bits per heavy atom. The van der Waals surface area contributed by atoms with Gasteiger partial charge in [-0.05, 0) is 37.5 Å². The van der Waals surface area contributed by atoms with E-state index in [9.17, 15) is 10.1 Å². The average molecular weight is 544 g/mol. The lowest BCUT2D eigenvalue weighted by Crippen LogP contribution is -2.40. The molecule has 0 aliphatic carbocycles. The third kappa shape index (κ3) is 5.22. The van der Waals surface area contributed by atoms with Crippen molar-refractivity contribution >= 4 is 34.5 Å². The van der Waals surface area contributed by atoms with Gasteiger partial charge < -0.3 is 19.4 Å². The fourth-order valence-electron chi connectivity index (χ4n) is 5.32. The van der Waals surface area contributed by atoms with Gasteiger partial charge in [-0.1, -0.05) is 72.8 Å². The number of para-hydroxylation sites is 2. The van der Waals surface area contributed by atoms with Gasteiger partial charge in [0.1, 0.15) is 17.4 Å². The zero-order valence-corrected chi connectivity index (χ0v) is 22.7. The summed E-state index contributed by atoms with van der Waals surface area (Å²) in [6.07, 6.45) is 1.58. The first-order valence-corrected chi connectivity index (χ1v) is 13.8. The van der Waals surface area contributed by atoms with Crippen LogP contribution in [0, 0.1) is 17.2 Å². The second-order valence-electron chi connectivity index (χ2n) is 9.90. The number of carbonyl (C=O) groups excluding carboxylic acids is 1. The van der Waals surface area contributed by atoms with E-state index in [1.165, 1.54) is 0 Å². The van der Waals surface area contributed by atoms with Crippen molar-refractivity contribution in [3.8, 4) is 28.5 Å². The molecule has 3 aromatic carbocycles. The summed E-state index contributed by atoms with van der Waals surface area (Å²) in [4.78, 5) is 24.5. The third-order valence-corrected chi connectivity index (χ3v) is 7.24. The minimum absolute atomic E-state index is 0.196. The number of aromatic nitrogens is 2. The number of hydrogen-bond donors (Lipinski definition) is 1. The molecule has 204 valence electrons. The average Bonchev–Trinajstić information content (AvgIpc) is 3.40. The maximum atomic E-state index is 12.6. The maximum absolute atomic E-state index is 12.6. The molecule has 6 rings (SSSR count). The summed E-state index contributed by atoms with van der Waals surface area (Å²) in [7, 11) is 0. The minimum atomic E-state index is -0.252. The number of nitrogens with zero attached hydrogens (tertiary/aromatic N) is 4. The second kappa shape index (κ2) is 11.5. The van der Waals surface area contributed by atoms with E-state index in [2.05, 4.69) is 16.3 Å². The Kier molecular flexibility index (Phi) is 7.33. The zero-order chi connectivity index (χ0) is 28.2. The molecule has 0 radical (unpaired) electrons. The second-order valence-corrected chi connectivity index (χ2v) is 9.90. The number of rotatable bonds is 7. The molecule has 1 atom stereocenters.